The molecule has 3 N–H and O–H groups in total. The molecule has 7 heteroatoms. The van der Waals surface area contributed by atoms with Crippen LogP contribution in [0.1, 0.15) is 43.0 Å². The minimum Gasteiger partial charge on any atom is -0.336 e. The van der Waals surface area contributed by atoms with Gasteiger partial charge in [-0.25, -0.2) is 0 Å². The summed E-state index contributed by atoms with van der Waals surface area (Å²) in [6.07, 6.45) is 4.33. The second kappa shape index (κ2) is 6.53. The zero-order valence-electron chi connectivity index (χ0n) is 12.0. The van der Waals surface area contributed by atoms with Gasteiger partial charge in [-0.05, 0) is 31.9 Å². The van der Waals surface area contributed by atoms with Gasteiger partial charge in [-0.15, -0.1) is 0 Å². The van der Waals surface area contributed by atoms with Gasteiger partial charge in [0.25, 0.3) is 11.6 Å². The van der Waals surface area contributed by atoms with Crippen LogP contribution in [0.3, 0.4) is 0 Å². The van der Waals surface area contributed by atoms with Gasteiger partial charge in [-0.2, -0.15) is 0 Å². The second-order valence-corrected chi connectivity index (χ2v) is 5.16. The van der Waals surface area contributed by atoms with E-state index in [0.717, 1.165) is 25.7 Å². The minimum atomic E-state index is -0.530. The van der Waals surface area contributed by atoms with Crippen LogP contribution in [0.2, 0.25) is 0 Å². The highest BCUT2D eigenvalue weighted by Crippen LogP contribution is 2.28. The molecule has 0 saturated heterocycles. The Morgan fingerprint density at radius 3 is 2.67 bits per heavy atom. The molecule has 7 nitrogen and oxygen atoms in total. The number of nitrogens with zero attached hydrogens (tertiary/aromatic N) is 2. The number of nitro benzene ring substituents is 1. The molecular weight excluding hydrogens is 272 g/mol. The molecular formula is C14H20N4O3. The molecule has 1 aromatic carbocycles. The van der Waals surface area contributed by atoms with Crippen molar-refractivity contribution in [3.05, 3.63) is 33.9 Å². The molecule has 0 radical (unpaired) electrons. The Hall–Kier alpha value is -2.15. The molecule has 0 unspecified atom stereocenters. The summed E-state index contributed by atoms with van der Waals surface area (Å²) >= 11 is 0. The van der Waals surface area contributed by atoms with Crippen molar-refractivity contribution in [3.8, 4) is 0 Å². The number of carbonyl (C=O) groups is 1. The highest BCUT2D eigenvalue weighted by molar-refractivity contribution is 5.96. The molecule has 1 aromatic rings. The van der Waals surface area contributed by atoms with Crippen molar-refractivity contribution in [2.24, 2.45) is 5.84 Å². The van der Waals surface area contributed by atoms with Crippen LogP contribution < -0.4 is 11.3 Å². The maximum atomic E-state index is 12.6. The molecule has 0 aliphatic heterocycles. The fraction of sp³-hybridized carbons (Fsp3) is 0.500. The Labute approximate surface area is 123 Å². The Morgan fingerprint density at radius 1 is 1.48 bits per heavy atom. The van der Waals surface area contributed by atoms with Crippen LogP contribution >= 0.6 is 0 Å². The lowest BCUT2D eigenvalue weighted by Crippen LogP contribution is -2.38. The summed E-state index contributed by atoms with van der Waals surface area (Å²) in [5.41, 5.74) is 2.71. The molecule has 1 aliphatic rings. The van der Waals surface area contributed by atoms with Gasteiger partial charge in [0.05, 0.1) is 4.92 Å². The lowest BCUT2D eigenvalue weighted by molar-refractivity contribution is -0.384. The molecule has 0 bridgehead atoms. The van der Waals surface area contributed by atoms with Crippen LogP contribution in [0.4, 0.5) is 11.4 Å². The molecule has 1 fully saturated rings. The van der Waals surface area contributed by atoms with Gasteiger partial charge in [0.15, 0.2) is 0 Å². The second-order valence-electron chi connectivity index (χ2n) is 5.16. The number of hydrogen-bond acceptors (Lipinski definition) is 5. The number of rotatable bonds is 5. The van der Waals surface area contributed by atoms with E-state index in [-0.39, 0.29) is 23.3 Å². The number of amides is 1. The summed E-state index contributed by atoms with van der Waals surface area (Å²) in [4.78, 5) is 24.8. The molecule has 2 rings (SSSR count). The third-order valence-corrected chi connectivity index (χ3v) is 3.96. The maximum absolute atomic E-state index is 12.6. The Morgan fingerprint density at radius 2 is 2.14 bits per heavy atom. The number of anilines is 1. The zero-order chi connectivity index (χ0) is 15.4. The standard InChI is InChI=1S/C14H20N4O3/c1-2-17(11-5-3-4-6-11)14(19)10-7-8-13(18(20)21)12(9-10)16-15/h7-9,11,16H,2-6,15H2,1H3. The van der Waals surface area contributed by atoms with E-state index < -0.39 is 4.92 Å². The highest BCUT2D eigenvalue weighted by atomic mass is 16.6. The fourth-order valence-electron chi connectivity index (χ4n) is 2.89. The number of nitrogens with two attached hydrogens (primary N) is 1. The van der Waals surface area contributed by atoms with Crippen LogP contribution in [-0.2, 0) is 0 Å². The van der Waals surface area contributed by atoms with Crippen molar-refractivity contribution in [3.63, 3.8) is 0 Å². The molecule has 1 saturated carbocycles. The summed E-state index contributed by atoms with van der Waals surface area (Å²) < 4.78 is 0. The molecule has 21 heavy (non-hydrogen) atoms. The largest absolute Gasteiger partial charge is 0.336 e. The lowest BCUT2D eigenvalue weighted by Gasteiger charge is -2.27. The molecule has 0 aromatic heterocycles. The van der Waals surface area contributed by atoms with Crippen LogP contribution in [0.5, 0.6) is 0 Å². The monoisotopic (exact) mass is 292 g/mol. The number of hydrazine groups is 1. The van der Waals surface area contributed by atoms with E-state index >= 15 is 0 Å². The first-order valence-electron chi connectivity index (χ1n) is 7.14. The lowest BCUT2D eigenvalue weighted by atomic mass is 10.1. The van der Waals surface area contributed by atoms with Gasteiger partial charge in [0, 0.05) is 24.2 Å². The number of benzene rings is 1. The molecule has 0 heterocycles. The number of nitrogens with one attached hydrogen (secondary N) is 1. The summed E-state index contributed by atoms with van der Waals surface area (Å²) in [7, 11) is 0. The molecule has 114 valence electrons. The van der Waals surface area contributed by atoms with Crippen molar-refractivity contribution in [2.45, 2.75) is 38.6 Å². The van der Waals surface area contributed by atoms with Crippen molar-refractivity contribution in [1.82, 2.24) is 4.90 Å². The number of nitro groups is 1. The number of nitrogen functional groups attached to an aromatic ring is 1. The van der Waals surface area contributed by atoms with Crippen molar-refractivity contribution >= 4 is 17.3 Å². The van der Waals surface area contributed by atoms with Gasteiger partial charge in [0.1, 0.15) is 5.69 Å². The van der Waals surface area contributed by atoms with E-state index in [9.17, 15) is 14.9 Å². The van der Waals surface area contributed by atoms with E-state index in [1.54, 1.807) is 0 Å². The smallest absolute Gasteiger partial charge is 0.293 e. The average Bonchev–Trinajstić information content (AvgIpc) is 3.01. The van der Waals surface area contributed by atoms with Gasteiger partial charge < -0.3 is 10.3 Å². The van der Waals surface area contributed by atoms with Crippen molar-refractivity contribution in [2.75, 3.05) is 12.0 Å². The summed E-state index contributed by atoms with van der Waals surface area (Å²) in [5.74, 6) is 5.21. The van der Waals surface area contributed by atoms with Crippen LogP contribution in [-0.4, -0.2) is 28.3 Å². The van der Waals surface area contributed by atoms with E-state index in [0.29, 0.717) is 12.1 Å². The SMILES string of the molecule is CCN(C(=O)c1ccc([N+](=O)[O-])c(NN)c1)C1CCCC1. The number of hydrogen-bond donors (Lipinski definition) is 2. The summed E-state index contributed by atoms with van der Waals surface area (Å²) in [5, 5.41) is 10.9. The quantitative estimate of drug-likeness (QED) is 0.492. The van der Waals surface area contributed by atoms with E-state index in [1.165, 1.54) is 18.2 Å². The van der Waals surface area contributed by atoms with Crippen LogP contribution in [0.15, 0.2) is 18.2 Å². The van der Waals surface area contributed by atoms with Crippen LogP contribution in [0, 0.1) is 10.1 Å². The van der Waals surface area contributed by atoms with Gasteiger partial charge in [0.2, 0.25) is 0 Å². The Kier molecular flexibility index (Phi) is 4.74. The zero-order valence-corrected chi connectivity index (χ0v) is 12.0. The molecule has 0 spiro atoms. The van der Waals surface area contributed by atoms with Crippen molar-refractivity contribution in [1.29, 1.82) is 0 Å². The fourth-order valence-corrected chi connectivity index (χ4v) is 2.89. The summed E-state index contributed by atoms with van der Waals surface area (Å²) in [6.45, 7) is 2.58. The van der Waals surface area contributed by atoms with Crippen molar-refractivity contribution < 1.29 is 9.72 Å². The predicted octanol–water partition coefficient (Wildman–Crippen LogP) is 2.29. The first kappa shape index (κ1) is 15.2. The van der Waals surface area contributed by atoms with E-state index in [4.69, 9.17) is 5.84 Å². The molecule has 0 atom stereocenters. The van der Waals surface area contributed by atoms with Crippen LogP contribution in [0.25, 0.3) is 0 Å². The minimum absolute atomic E-state index is 0.101. The molecule has 1 amide bonds. The molecule has 1 aliphatic carbocycles. The van der Waals surface area contributed by atoms with Gasteiger partial charge >= 0.3 is 0 Å². The first-order chi connectivity index (χ1) is 10.1. The average molecular weight is 292 g/mol. The Bertz CT molecular complexity index is 541. The van der Waals surface area contributed by atoms with E-state index in [2.05, 4.69) is 5.43 Å². The van der Waals surface area contributed by atoms with Gasteiger partial charge in [-0.3, -0.25) is 20.8 Å². The van der Waals surface area contributed by atoms with E-state index in [1.807, 2.05) is 11.8 Å². The van der Waals surface area contributed by atoms with Gasteiger partial charge in [-0.1, -0.05) is 12.8 Å². The normalized spacial score (nSPS) is 15.0. The number of carbonyl (C=O) groups excluding carboxylic acids is 1. The predicted molar refractivity (Wildman–Crippen MR) is 79.9 cm³/mol. The third kappa shape index (κ3) is 3.13. The summed E-state index contributed by atoms with van der Waals surface area (Å²) in [6, 6.07) is 4.51. The first-order valence-corrected chi connectivity index (χ1v) is 7.14. The highest BCUT2D eigenvalue weighted by Gasteiger charge is 2.27. The third-order valence-electron chi connectivity index (χ3n) is 3.96. The maximum Gasteiger partial charge on any atom is 0.293 e. The topological polar surface area (TPSA) is 102 Å². The Balaban J connectivity index is 2.27.